The van der Waals surface area contributed by atoms with Gasteiger partial charge in [-0.15, -0.1) is 0 Å². The van der Waals surface area contributed by atoms with Crippen LogP contribution >= 0.6 is 0 Å². The fourth-order valence-corrected chi connectivity index (χ4v) is 3.15. The quantitative estimate of drug-likeness (QED) is 0.830. The number of rotatable bonds is 3. The van der Waals surface area contributed by atoms with Gasteiger partial charge in [-0.1, -0.05) is 0 Å². The summed E-state index contributed by atoms with van der Waals surface area (Å²) < 4.78 is 35.0. The minimum absolute atomic E-state index is 0.0469. The van der Waals surface area contributed by atoms with Crippen molar-refractivity contribution in [2.45, 2.75) is 45.3 Å². The van der Waals surface area contributed by atoms with Crippen LogP contribution in [0.5, 0.6) is 0 Å². The normalized spacial score (nSPS) is 19.3. The lowest BCUT2D eigenvalue weighted by Crippen LogP contribution is -2.38. The van der Waals surface area contributed by atoms with Gasteiger partial charge in [-0.05, 0) is 26.2 Å². The van der Waals surface area contributed by atoms with E-state index in [1.807, 2.05) is 0 Å². The third-order valence-electron chi connectivity index (χ3n) is 4.09. The predicted octanol–water partition coefficient (Wildman–Crippen LogP) is 1.23. The van der Waals surface area contributed by atoms with Crippen molar-refractivity contribution < 1.29 is 23.6 Å². The van der Waals surface area contributed by atoms with Crippen molar-refractivity contribution in [3.05, 3.63) is 17.5 Å². The summed E-state index contributed by atoms with van der Waals surface area (Å²) in [4.78, 5) is 4.24. The Labute approximate surface area is 132 Å². The molecule has 9 heteroatoms. The van der Waals surface area contributed by atoms with Crippen molar-refractivity contribution in [2.75, 3.05) is 6.61 Å². The molecule has 0 radical (unpaired) electrons. The number of fused-ring (bicyclic) bond motifs is 1. The smallest absolute Gasteiger partial charge is 0.423 e. The van der Waals surface area contributed by atoms with Gasteiger partial charge >= 0.3 is 7.12 Å². The second-order valence-electron chi connectivity index (χ2n) is 5.90. The van der Waals surface area contributed by atoms with Gasteiger partial charge < -0.3 is 14.8 Å². The maximum absolute atomic E-state index is 13.9. The Bertz CT molecular complexity index is 724. The molecule has 0 bridgehead atoms. The molecule has 1 aliphatic heterocycles. The molecule has 0 amide bonds. The summed E-state index contributed by atoms with van der Waals surface area (Å²) >= 11 is 0. The topological polar surface area (TPSA) is 80.4 Å². The standard InChI is InChI=1S/C14H18BF2N3O3/c1-8-11(14(2,16)17)12(15(21)22)9-7-18-20(13(9)19-8)10-5-3-4-6-23-10/h7,10,21-22H,3-6H2,1-2H3. The van der Waals surface area contributed by atoms with Crippen LogP contribution in [0.2, 0.25) is 0 Å². The first-order valence-corrected chi connectivity index (χ1v) is 7.54. The highest BCUT2D eigenvalue weighted by Gasteiger charge is 2.37. The zero-order valence-electron chi connectivity index (χ0n) is 13.0. The van der Waals surface area contributed by atoms with Crippen LogP contribution in [0.3, 0.4) is 0 Å². The minimum atomic E-state index is -3.24. The van der Waals surface area contributed by atoms with Crippen molar-refractivity contribution in [1.82, 2.24) is 14.8 Å². The van der Waals surface area contributed by atoms with E-state index in [1.54, 1.807) is 0 Å². The first-order chi connectivity index (χ1) is 10.8. The number of hydrogen-bond donors (Lipinski definition) is 2. The molecule has 1 atom stereocenters. The monoisotopic (exact) mass is 325 g/mol. The average molecular weight is 325 g/mol. The number of pyridine rings is 1. The molecule has 3 rings (SSSR count). The van der Waals surface area contributed by atoms with Crippen molar-refractivity contribution in [3.8, 4) is 0 Å². The van der Waals surface area contributed by atoms with E-state index in [-0.39, 0.29) is 22.8 Å². The lowest BCUT2D eigenvalue weighted by molar-refractivity contribution is -0.0370. The fraction of sp³-hybridized carbons (Fsp3) is 0.571. The average Bonchev–Trinajstić information content (AvgIpc) is 2.88. The molecule has 23 heavy (non-hydrogen) atoms. The molecule has 6 nitrogen and oxygen atoms in total. The Morgan fingerprint density at radius 3 is 2.70 bits per heavy atom. The Balaban J connectivity index is 2.23. The molecule has 0 aromatic carbocycles. The van der Waals surface area contributed by atoms with Gasteiger partial charge in [0.05, 0.1) is 6.20 Å². The van der Waals surface area contributed by atoms with E-state index in [2.05, 4.69) is 10.1 Å². The van der Waals surface area contributed by atoms with Crippen LogP contribution in [0, 0.1) is 6.92 Å². The summed E-state index contributed by atoms with van der Waals surface area (Å²) in [6.45, 7) is 2.74. The number of aromatic nitrogens is 3. The summed E-state index contributed by atoms with van der Waals surface area (Å²) in [6.07, 6.45) is 3.72. The zero-order valence-corrected chi connectivity index (χ0v) is 13.0. The Kier molecular flexibility index (Phi) is 4.11. The van der Waals surface area contributed by atoms with Gasteiger partial charge in [0.15, 0.2) is 11.9 Å². The number of aryl methyl sites for hydroxylation is 1. The zero-order chi connectivity index (χ0) is 16.8. The third kappa shape index (κ3) is 2.84. The molecule has 2 aromatic heterocycles. The summed E-state index contributed by atoms with van der Waals surface area (Å²) in [5.74, 6) is -3.24. The van der Waals surface area contributed by atoms with Crippen molar-refractivity contribution in [1.29, 1.82) is 0 Å². The van der Waals surface area contributed by atoms with Gasteiger partial charge in [-0.2, -0.15) is 5.10 Å². The van der Waals surface area contributed by atoms with Crippen molar-refractivity contribution >= 4 is 23.6 Å². The molecule has 2 N–H and O–H groups in total. The number of ether oxygens (including phenoxy) is 1. The summed E-state index contributed by atoms with van der Waals surface area (Å²) in [5.41, 5.74) is -0.345. The predicted molar refractivity (Wildman–Crippen MR) is 80.5 cm³/mol. The summed E-state index contributed by atoms with van der Waals surface area (Å²) in [6, 6.07) is 0. The van der Waals surface area contributed by atoms with Gasteiger partial charge in [-0.3, -0.25) is 0 Å². The lowest BCUT2D eigenvalue weighted by Gasteiger charge is -2.24. The second-order valence-corrected chi connectivity index (χ2v) is 5.90. The maximum Gasteiger partial charge on any atom is 0.489 e. The molecule has 0 saturated carbocycles. The number of halogens is 2. The van der Waals surface area contributed by atoms with E-state index < -0.39 is 18.6 Å². The van der Waals surface area contributed by atoms with Gasteiger partial charge in [0.25, 0.3) is 5.92 Å². The van der Waals surface area contributed by atoms with Gasteiger partial charge in [0, 0.05) is 35.6 Å². The van der Waals surface area contributed by atoms with E-state index in [4.69, 9.17) is 4.74 Å². The van der Waals surface area contributed by atoms with E-state index in [1.165, 1.54) is 17.8 Å². The van der Waals surface area contributed by atoms with Crippen LogP contribution < -0.4 is 5.46 Å². The lowest BCUT2D eigenvalue weighted by atomic mass is 9.73. The first-order valence-electron chi connectivity index (χ1n) is 7.54. The van der Waals surface area contributed by atoms with Crippen molar-refractivity contribution in [2.24, 2.45) is 0 Å². The third-order valence-corrected chi connectivity index (χ3v) is 4.09. The van der Waals surface area contributed by atoms with Crippen LogP contribution in [0.15, 0.2) is 6.20 Å². The minimum Gasteiger partial charge on any atom is -0.423 e. The van der Waals surface area contributed by atoms with Crippen LogP contribution in [-0.2, 0) is 10.7 Å². The van der Waals surface area contributed by atoms with Crippen LogP contribution in [-0.4, -0.2) is 38.5 Å². The van der Waals surface area contributed by atoms with E-state index in [0.717, 1.165) is 19.3 Å². The molecular weight excluding hydrogens is 307 g/mol. The molecule has 0 spiro atoms. The molecular formula is C14H18BF2N3O3. The number of hydrogen-bond acceptors (Lipinski definition) is 5. The molecule has 1 saturated heterocycles. The largest absolute Gasteiger partial charge is 0.489 e. The Morgan fingerprint density at radius 2 is 2.13 bits per heavy atom. The highest BCUT2D eigenvalue weighted by Crippen LogP contribution is 2.31. The van der Waals surface area contributed by atoms with E-state index in [0.29, 0.717) is 19.2 Å². The van der Waals surface area contributed by atoms with E-state index >= 15 is 0 Å². The number of nitrogens with zero attached hydrogens (tertiary/aromatic N) is 3. The van der Waals surface area contributed by atoms with Crippen LogP contribution in [0.25, 0.3) is 11.0 Å². The van der Waals surface area contributed by atoms with Crippen molar-refractivity contribution in [3.63, 3.8) is 0 Å². The Hall–Kier alpha value is -1.58. The Morgan fingerprint density at radius 1 is 1.39 bits per heavy atom. The molecule has 2 aromatic rings. The highest BCUT2D eigenvalue weighted by molar-refractivity contribution is 6.62. The first kappa shape index (κ1) is 16.3. The number of alkyl halides is 2. The summed E-state index contributed by atoms with van der Waals surface area (Å²) in [7, 11) is -2.04. The van der Waals surface area contributed by atoms with E-state index in [9.17, 15) is 18.8 Å². The second kappa shape index (κ2) is 5.81. The molecule has 1 unspecified atom stereocenters. The summed E-state index contributed by atoms with van der Waals surface area (Å²) in [5, 5.41) is 23.7. The molecule has 124 valence electrons. The molecule has 3 heterocycles. The van der Waals surface area contributed by atoms with Crippen LogP contribution in [0.1, 0.15) is 43.7 Å². The fourth-order valence-electron chi connectivity index (χ4n) is 3.15. The van der Waals surface area contributed by atoms with Gasteiger partial charge in [0.2, 0.25) is 0 Å². The van der Waals surface area contributed by atoms with Crippen LogP contribution in [0.4, 0.5) is 8.78 Å². The maximum atomic E-state index is 13.9. The SMILES string of the molecule is Cc1nc2c(cnn2C2CCCCO2)c(B(O)O)c1C(C)(F)F. The van der Waals surface area contributed by atoms with Gasteiger partial charge in [0.1, 0.15) is 0 Å². The molecule has 0 aliphatic carbocycles. The van der Waals surface area contributed by atoms with Gasteiger partial charge in [-0.25, -0.2) is 18.4 Å². The molecule has 1 aliphatic rings. The molecule has 1 fully saturated rings. The highest BCUT2D eigenvalue weighted by atomic mass is 19.3.